The summed E-state index contributed by atoms with van der Waals surface area (Å²) in [6.07, 6.45) is 0.0115. The number of hydrogen-bond donors (Lipinski definition) is 4. The number of aliphatic hydroxyl groups is 1. The maximum absolute atomic E-state index is 12.1. The second kappa shape index (κ2) is 7.01. The Kier molecular flexibility index (Phi) is 5.26. The van der Waals surface area contributed by atoms with Gasteiger partial charge in [0.2, 0.25) is 5.91 Å². The standard InChI is InChI=1S/C13H16N2O7S/c16-4-6-5-23-12-9(11(20)15(12)10(6)13(21)22)14-7(17)2-1-3-8(18)19/h9,12,16H,1-5H2,(H,14,17)(H,18,19)(H,21,22)/t9-,12+/m0/s1. The molecule has 0 radical (unpaired) electrons. The molecule has 2 atom stereocenters. The number of hydrogen-bond acceptors (Lipinski definition) is 6. The fraction of sp³-hybridized carbons (Fsp3) is 0.538. The van der Waals surface area contributed by atoms with Crippen LogP contribution in [0.5, 0.6) is 0 Å². The van der Waals surface area contributed by atoms with E-state index in [0.717, 1.165) is 4.90 Å². The van der Waals surface area contributed by atoms with Crippen LogP contribution in [-0.2, 0) is 19.2 Å². The first-order valence-corrected chi connectivity index (χ1v) is 7.93. The van der Waals surface area contributed by atoms with Gasteiger partial charge in [-0.25, -0.2) is 4.79 Å². The lowest BCUT2D eigenvalue weighted by molar-refractivity contribution is -0.150. The van der Waals surface area contributed by atoms with Gasteiger partial charge in [-0.05, 0) is 12.0 Å². The lowest BCUT2D eigenvalue weighted by atomic mass is 10.0. The van der Waals surface area contributed by atoms with Crippen molar-refractivity contribution in [2.45, 2.75) is 30.7 Å². The molecule has 1 saturated heterocycles. The molecule has 0 unspecified atom stereocenters. The number of carbonyl (C=O) groups excluding carboxylic acids is 2. The van der Waals surface area contributed by atoms with E-state index in [9.17, 15) is 29.4 Å². The van der Waals surface area contributed by atoms with Crippen LogP contribution in [0.15, 0.2) is 11.3 Å². The number of amides is 2. The van der Waals surface area contributed by atoms with Crippen LogP contribution < -0.4 is 5.32 Å². The van der Waals surface area contributed by atoms with Crippen molar-refractivity contribution in [3.63, 3.8) is 0 Å². The minimum atomic E-state index is -1.29. The molecule has 2 rings (SSSR count). The monoisotopic (exact) mass is 344 g/mol. The fourth-order valence-electron chi connectivity index (χ4n) is 2.45. The molecule has 23 heavy (non-hydrogen) atoms. The van der Waals surface area contributed by atoms with Crippen LogP contribution in [-0.4, -0.2) is 67.7 Å². The smallest absolute Gasteiger partial charge is 0.352 e. The summed E-state index contributed by atoms with van der Waals surface area (Å²) in [7, 11) is 0. The topological polar surface area (TPSA) is 144 Å². The van der Waals surface area contributed by atoms with E-state index in [-0.39, 0.29) is 36.3 Å². The van der Waals surface area contributed by atoms with Crippen molar-refractivity contribution in [2.75, 3.05) is 12.4 Å². The molecule has 0 aromatic heterocycles. The molecule has 2 aliphatic heterocycles. The Labute approximate surface area is 135 Å². The summed E-state index contributed by atoms with van der Waals surface area (Å²) < 4.78 is 0. The quantitative estimate of drug-likeness (QED) is 0.429. The highest BCUT2D eigenvalue weighted by Crippen LogP contribution is 2.40. The second-order valence-electron chi connectivity index (χ2n) is 5.12. The summed E-state index contributed by atoms with van der Waals surface area (Å²) in [6.45, 7) is -0.447. The predicted molar refractivity (Wildman–Crippen MR) is 78.3 cm³/mol. The largest absolute Gasteiger partial charge is 0.481 e. The lowest BCUT2D eigenvalue weighted by Gasteiger charge is -2.49. The Morgan fingerprint density at radius 1 is 1.26 bits per heavy atom. The summed E-state index contributed by atoms with van der Waals surface area (Å²) in [6, 6.07) is -0.827. The molecule has 0 aromatic rings. The van der Waals surface area contributed by atoms with E-state index in [1.165, 1.54) is 11.8 Å². The van der Waals surface area contributed by atoms with Gasteiger partial charge in [-0.15, -0.1) is 11.8 Å². The van der Waals surface area contributed by atoms with Gasteiger partial charge < -0.3 is 20.6 Å². The summed E-state index contributed by atoms with van der Waals surface area (Å²) >= 11 is 1.26. The number of carbonyl (C=O) groups is 4. The van der Waals surface area contributed by atoms with Gasteiger partial charge in [0.25, 0.3) is 5.91 Å². The van der Waals surface area contributed by atoms with Gasteiger partial charge in [-0.1, -0.05) is 0 Å². The van der Waals surface area contributed by atoms with Gasteiger partial charge >= 0.3 is 11.9 Å². The third kappa shape index (κ3) is 3.48. The van der Waals surface area contributed by atoms with E-state index in [1.807, 2.05) is 0 Å². The number of thioether (sulfide) groups is 1. The number of carboxylic acids is 2. The molecular formula is C13H16N2O7S. The van der Waals surface area contributed by atoms with Crippen LogP contribution in [0.4, 0.5) is 0 Å². The van der Waals surface area contributed by atoms with Crippen LogP contribution in [0, 0.1) is 0 Å². The molecule has 0 aromatic carbocycles. The molecule has 0 spiro atoms. The Morgan fingerprint density at radius 3 is 2.52 bits per heavy atom. The summed E-state index contributed by atoms with van der Waals surface area (Å²) in [5.74, 6) is -3.02. The molecule has 4 N–H and O–H groups in total. The Hall–Kier alpha value is -2.07. The maximum Gasteiger partial charge on any atom is 0.352 e. The first kappa shape index (κ1) is 17.3. The van der Waals surface area contributed by atoms with E-state index in [4.69, 9.17) is 5.11 Å². The molecule has 2 heterocycles. The van der Waals surface area contributed by atoms with Crippen LogP contribution in [0.1, 0.15) is 19.3 Å². The summed E-state index contributed by atoms with van der Waals surface area (Å²) in [5.41, 5.74) is 0.0379. The molecule has 2 amide bonds. The SMILES string of the molecule is O=C(O)CCCC(=O)N[C@H]1C(=O)N2C(C(=O)O)=C(CO)CS[C@H]12. The summed E-state index contributed by atoms with van der Waals surface area (Å²) in [5, 5.41) is 28.9. The zero-order valence-corrected chi connectivity index (χ0v) is 12.8. The van der Waals surface area contributed by atoms with Gasteiger partial charge in [-0.3, -0.25) is 19.3 Å². The summed E-state index contributed by atoms with van der Waals surface area (Å²) in [4.78, 5) is 46.6. The minimum Gasteiger partial charge on any atom is -0.481 e. The second-order valence-corrected chi connectivity index (χ2v) is 6.22. The molecule has 126 valence electrons. The average Bonchev–Trinajstić information content (AvgIpc) is 2.50. The molecule has 0 aliphatic carbocycles. The zero-order valence-electron chi connectivity index (χ0n) is 12.0. The number of nitrogens with zero attached hydrogens (tertiary/aromatic N) is 1. The van der Waals surface area contributed by atoms with E-state index in [2.05, 4.69) is 5.32 Å². The number of aliphatic carboxylic acids is 2. The van der Waals surface area contributed by atoms with E-state index >= 15 is 0 Å². The average molecular weight is 344 g/mol. The van der Waals surface area contributed by atoms with Gasteiger partial charge in [-0.2, -0.15) is 0 Å². The van der Waals surface area contributed by atoms with Crippen LogP contribution in [0.3, 0.4) is 0 Å². The minimum absolute atomic E-state index is 0.0169. The number of nitrogens with one attached hydrogen (secondary N) is 1. The molecule has 2 aliphatic rings. The van der Waals surface area contributed by atoms with Gasteiger partial charge in [0.1, 0.15) is 17.1 Å². The molecule has 0 saturated carbocycles. The molecule has 0 bridgehead atoms. The Morgan fingerprint density at radius 2 is 1.96 bits per heavy atom. The zero-order chi connectivity index (χ0) is 17.1. The molecule has 10 heteroatoms. The predicted octanol–water partition coefficient (Wildman–Crippen LogP) is -1.03. The van der Waals surface area contributed by atoms with Crippen LogP contribution in [0.2, 0.25) is 0 Å². The first-order chi connectivity index (χ1) is 10.9. The highest BCUT2D eigenvalue weighted by molar-refractivity contribution is 8.00. The number of fused-ring (bicyclic) bond motifs is 1. The van der Waals surface area contributed by atoms with Crippen molar-refractivity contribution in [3.05, 3.63) is 11.3 Å². The number of aliphatic hydroxyl groups excluding tert-OH is 1. The van der Waals surface area contributed by atoms with Gasteiger partial charge in [0, 0.05) is 18.6 Å². The lowest BCUT2D eigenvalue weighted by Crippen LogP contribution is -2.70. The van der Waals surface area contributed by atoms with Gasteiger partial charge in [0.05, 0.1) is 6.61 Å². The Bertz CT molecular complexity index is 589. The number of β-lactam (4-membered cyclic amide) rings is 1. The third-order valence-corrected chi connectivity index (χ3v) is 4.89. The van der Waals surface area contributed by atoms with Crippen molar-refractivity contribution in [1.29, 1.82) is 0 Å². The van der Waals surface area contributed by atoms with Crippen molar-refractivity contribution < 1.29 is 34.5 Å². The van der Waals surface area contributed by atoms with Crippen molar-refractivity contribution >= 4 is 35.5 Å². The fourth-order valence-corrected chi connectivity index (χ4v) is 3.79. The highest BCUT2D eigenvalue weighted by atomic mass is 32.2. The Balaban J connectivity index is 1.98. The highest BCUT2D eigenvalue weighted by Gasteiger charge is 2.53. The van der Waals surface area contributed by atoms with Crippen molar-refractivity contribution in [2.24, 2.45) is 0 Å². The van der Waals surface area contributed by atoms with Crippen molar-refractivity contribution in [1.82, 2.24) is 10.2 Å². The molecular weight excluding hydrogens is 328 g/mol. The van der Waals surface area contributed by atoms with E-state index in [1.54, 1.807) is 0 Å². The van der Waals surface area contributed by atoms with Crippen molar-refractivity contribution in [3.8, 4) is 0 Å². The molecule has 1 fully saturated rings. The molecule has 9 nitrogen and oxygen atoms in total. The van der Waals surface area contributed by atoms with Crippen LogP contribution >= 0.6 is 11.8 Å². The maximum atomic E-state index is 12.1. The number of carboxylic acid groups (broad SMARTS) is 2. The number of rotatable bonds is 7. The normalized spacial score (nSPS) is 23.2. The van der Waals surface area contributed by atoms with E-state index in [0.29, 0.717) is 0 Å². The first-order valence-electron chi connectivity index (χ1n) is 6.88. The van der Waals surface area contributed by atoms with E-state index < -0.39 is 41.8 Å². The van der Waals surface area contributed by atoms with Gasteiger partial charge in [0.15, 0.2) is 0 Å². The van der Waals surface area contributed by atoms with Crippen LogP contribution in [0.25, 0.3) is 0 Å². The third-order valence-electron chi connectivity index (χ3n) is 3.55.